The van der Waals surface area contributed by atoms with Gasteiger partial charge < -0.3 is 15.4 Å². The van der Waals surface area contributed by atoms with Gasteiger partial charge in [0.15, 0.2) is 0 Å². The van der Waals surface area contributed by atoms with Gasteiger partial charge in [0.05, 0.1) is 6.61 Å². The molecular formula is C17H21N3O2. The second-order valence-corrected chi connectivity index (χ2v) is 5.30. The number of carbonyl (C=O) groups excluding carboxylic acids is 1. The summed E-state index contributed by atoms with van der Waals surface area (Å²) >= 11 is 0. The summed E-state index contributed by atoms with van der Waals surface area (Å²) in [5.41, 5.74) is 6.77. The van der Waals surface area contributed by atoms with Gasteiger partial charge in [-0.15, -0.1) is 0 Å². The van der Waals surface area contributed by atoms with E-state index in [1.165, 1.54) is 0 Å². The average Bonchev–Trinajstić information content (AvgIpc) is 2.53. The van der Waals surface area contributed by atoms with Gasteiger partial charge in [0.25, 0.3) is 5.91 Å². The maximum Gasteiger partial charge on any atom is 0.264 e. The fraction of sp³-hybridized carbons (Fsp3) is 0.412. The van der Waals surface area contributed by atoms with E-state index in [0.29, 0.717) is 19.7 Å². The lowest BCUT2D eigenvalue weighted by Crippen LogP contribution is -2.43. The largest absolute Gasteiger partial charge is 0.494 e. The van der Waals surface area contributed by atoms with Gasteiger partial charge in [-0.1, -0.05) is 12.1 Å². The summed E-state index contributed by atoms with van der Waals surface area (Å²) in [5.74, 6) is 0.501. The molecule has 0 spiro atoms. The van der Waals surface area contributed by atoms with E-state index in [1.807, 2.05) is 37.3 Å². The number of benzene rings is 1. The summed E-state index contributed by atoms with van der Waals surface area (Å²) in [4.78, 5) is 14.1. The van der Waals surface area contributed by atoms with Gasteiger partial charge in [0, 0.05) is 19.1 Å². The predicted molar refractivity (Wildman–Crippen MR) is 85.0 cm³/mol. The molecule has 2 N–H and O–H groups in total. The average molecular weight is 299 g/mol. The van der Waals surface area contributed by atoms with Gasteiger partial charge in [-0.3, -0.25) is 4.79 Å². The summed E-state index contributed by atoms with van der Waals surface area (Å²) in [6, 6.07) is 9.52. The van der Waals surface area contributed by atoms with Crippen LogP contribution in [0.4, 0.5) is 0 Å². The maximum absolute atomic E-state index is 12.4. The van der Waals surface area contributed by atoms with Crippen molar-refractivity contribution < 1.29 is 9.53 Å². The van der Waals surface area contributed by atoms with E-state index >= 15 is 0 Å². The minimum Gasteiger partial charge on any atom is -0.494 e. The molecule has 22 heavy (non-hydrogen) atoms. The lowest BCUT2D eigenvalue weighted by atomic mass is 10.0. The number of hydrogen-bond acceptors (Lipinski definition) is 4. The molecule has 1 heterocycles. The van der Waals surface area contributed by atoms with Crippen molar-refractivity contribution >= 4 is 12.0 Å². The van der Waals surface area contributed by atoms with Crippen LogP contribution in [0.5, 0.6) is 5.75 Å². The number of likely N-dealkylation sites (tertiary alicyclic amines) is 1. The Morgan fingerprint density at radius 1 is 1.50 bits per heavy atom. The SMILES string of the molecule is CCOc1cccc(/C=C(\C#N)C(=O)N2CCC(N)CC2)c1. The number of nitriles is 1. The van der Waals surface area contributed by atoms with Gasteiger partial charge in [-0.25, -0.2) is 0 Å². The van der Waals surface area contributed by atoms with Crippen molar-refractivity contribution in [2.75, 3.05) is 19.7 Å². The number of piperidine rings is 1. The molecule has 0 unspecified atom stereocenters. The normalized spacial score (nSPS) is 16.2. The maximum atomic E-state index is 12.4. The summed E-state index contributed by atoms with van der Waals surface area (Å²) < 4.78 is 5.43. The smallest absolute Gasteiger partial charge is 0.264 e. The summed E-state index contributed by atoms with van der Waals surface area (Å²) in [7, 11) is 0. The molecule has 1 amide bonds. The molecular weight excluding hydrogens is 278 g/mol. The van der Waals surface area contributed by atoms with Gasteiger partial charge in [0.1, 0.15) is 17.4 Å². The van der Waals surface area contributed by atoms with Crippen molar-refractivity contribution in [3.8, 4) is 11.8 Å². The highest BCUT2D eigenvalue weighted by Gasteiger charge is 2.23. The van der Waals surface area contributed by atoms with E-state index in [2.05, 4.69) is 0 Å². The van der Waals surface area contributed by atoms with Gasteiger partial charge >= 0.3 is 0 Å². The molecule has 0 aliphatic carbocycles. The molecule has 116 valence electrons. The van der Waals surface area contributed by atoms with Crippen LogP contribution in [0, 0.1) is 11.3 Å². The minimum absolute atomic E-state index is 0.143. The van der Waals surface area contributed by atoms with E-state index in [4.69, 9.17) is 10.5 Å². The number of nitrogens with zero attached hydrogens (tertiary/aromatic N) is 2. The molecule has 5 heteroatoms. The van der Waals surface area contributed by atoms with Crippen LogP contribution in [0.15, 0.2) is 29.8 Å². The van der Waals surface area contributed by atoms with Crippen LogP contribution >= 0.6 is 0 Å². The highest BCUT2D eigenvalue weighted by atomic mass is 16.5. The first kappa shape index (κ1) is 16.1. The van der Waals surface area contributed by atoms with Crippen LogP contribution in [-0.4, -0.2) is 36.5 Å². The fourth-order valence-electron chi connectivity index (χ4n) is 2.44. The number of amides is 1. The lowest BCUT2D eigenvalue weighted by Gasteiger charge is -2.29. The molecule has 0 bridgehead atoms. The first-order chi connectivity index (χ1) is 10.6. The Morgan fingerprint density at radius 2 is 2.23 bits per heavy atom. The Kier molecular flexibility index (Phi) is 5.56. The number of ether oxygens (including phenoxy) is 1. The summed E-state index contributed by atoms with van der Waals surface area (Å²) in [6.45, 7) is 3.70. The second-order valence-electron chi connectivity index (χ2n) is 5.30. The lowest BCUT2D eigenvalue weighted by molar-refractivity contribution is -0.127. The van der Waals surface area contributed by atoms with E-state index in [1.54, 1.807) is 11.0 Å². The van der Waals surface area contributed by atoms with Crippen molar-refractivity contribution in [2.24, 2.45) is 5.73 Å². The molecule has 0 radical (unpaired) electrons. The first-order valence-corrected chi connectivity index (χ1v) is 7.53. The second kappa shape index (κ2) is 7.62. The Balaban J connectivity index is 2.15. The third-order valence-corrected chi connectivity index (χ3v) is 3.66. The van der Waals surface area contributed by atoms with Crippen molar-refractivity contribution in [3.63, 3.8) is 0 Å². The molecule has 0 atom stereocenters. The van der Waals surface area contributed by atoms with E-state index < -0.39 is 0 Å². The van der Waals surface area contributed by atoms with E-state index in [0.717, 1.165) is 24.2 Å². The molecule has 1 aromatic carbocycles. The molecule has 1 aliphatic rings. The van der Waals surface area contributed by atoms with Crippen molar-refractivity contribution in [1.29, 1.82) is 5.26 Å². The van der Waals surface area contributed by atoms with Crippen LogP contribution in [0.2, 0.25) is 0 Å². The molecule has 1 aromatic rings. The molecule has 0 saturated carbocycles. The highest BCUT2D eigenvalue weighted by Crippen LogP contribution is 2.18. The Morgan fingerprint density at radius 3 is 2.86 bits per heavy atom. The summed E-state index contributed by atoms with van der Waals surface area (Å²) in [6.07, 6.45) is 3.17. The summed E-state index contributed by atoms with van der Waals surface area (Å²) in [5, 5.41) is 9.29. The van der Waals surface area contributed by atoms with Gasteiger partial charge in [-0.2, -0.15) is 5.26 Å². The van der Waals surface area contributed by atoms with Crippen LogP contribution in [0.1, 0.15) is 25.3 Å². The zero-order chi connectivity index (χ0) is 15.9. The van der Waals surface area contributed by atoms with Gasteiger partial charge in [0.2, 0.25) is 0 Å². The van der Waals surface area contributed by atoms with Crippen molar-refractivity contribution in [3.05, 3.63) is 35.4 Å². The molecule has 2 rings (SSSR count). The molecule has 1 aliphatic heterocycles. The first-order valence-electron chi connectivity index (χ1n) is 7.53. The fourth-order valence-corrected chi connectivity index (χ4v) is 2.44. The monoisotopic (exact) mass is 299 g/mol. The molecule has 1 fully saturated rings. The minimum atomic E-state index is -0.226. The Bertz CT molecular complexity index is 596. The van der Waals surface area contributed by atoms with Crippen LogP contribution in [0.25, 0.3) is 6.08 Å². The van der Waals surface area contributed by atoms with E-state index in [9.17, 15) is 10.1 Å². The standard InChI is InChI=1S/C17H21N3O2/c1-2-22-16-5-3-4-13(11-16)10-14(12-18)17(21)20-8-6-15(19)7-9-20/h3-5,10-11,15H,2,6-9,19H2,1H3/b14-10+. The molecule has 1 saturated heterocycles. The zero-order valence-corrected chi connectivity index (χ0v) is 12.8. The van der Waals surface area contributed by atoms with E-state index in [-0.39, 0.29) is 17.5 Å². The van der Waals surface area contributed by atoms with Crippen molar-refractivity contribution in [1.82, 2.24) is 4.90 Å². The van der Waals surface area contributed by atoms with Crippen LogP contribution < -0.4 is 10.5 Å². The zero-order valence-electron chi connectivity index (χ0n) is 12.8. The molecule has 0 aromatic heterocycles. The quantitative estimate of drug-likeness (QED) is 0.680. The van der Waals surface area contributed by atoms with Crippen molar-refractivity contribution in [2.45, 2.75) is 25.8 Å². The number of rotatable bonds is 4. The topological polar surface area (TPSA) is 79.3 Å². The predicted octanol–water partition coefficient (Wildman–Crippen LogP) is 1.94. The number of hydrogen-bond donors (Lipinski definition) is 1. The number of nitrogens with two attached hydrogens (primary N) is 1. The van der Waals surface area contributed by atoms with Gasteiger partial charge in [-0.05, 0) is 43.5 Å². The molecule has 5 nitrogen and oxygen atoms in total. The number of carbonyl (C=O) groups is 1. The highest BCUT2D eigenvalue weighted by molar-refractivity contribution is 6.01. The van der Waals surface area contributed by atoms with Crippen LogP contribution in [0.3, 0.4) is 0 Å². The Hall–Kier alpha value is -2.32. The third kappa shape index (κ3) is 4.09. The van der Waals surface area contributed by atoms with Crippen LogP contribution in [-0.2, 0) is 4.79 Å². The Labute approximate surface area is 131 Å². The third-order valence-electron chi connectivity index (χ3n) is 3.66.